The SMILES string of the molecule is CCOC(=O)[C@@H]1OC(c2ccccc2)O[C@H]1C(=O)OCC. The molecule has 1 aromatic rings. The maximum Gasteiger partial charge on any atom is 0.338 e. The van der Waals surface area contributed by atoms with Crippen LogP contribution in [0.5, 0.6) is 0 Å². The molecule has 6 nitrogen and oxygen atoms in total. The van der Waals surface area contributed by atoms with E-state index < -0.39 is 30.4 Å². The molecule has 21 heavy (non-hydrogen) atoms. The van der Waals surface area contributed by atoms with E-state index in [9.17, 15) is 9.59 Å². The lowest BCUT2D eigenvalue weighted by Crippen LogP contribution is -2.39. The molecule has 0 aromatic heterocycles. The second-order valence-corrected chi connectivity index (χ2v) is 4.36. The summed E-state index contributed by atoms with van der Waals surface area (Å²) in [4.78, 5) is 23.8. The van der Waals surface area contributed by atoms with Gasteiger partial charge in [-0.1, -0.05) is 30.3 Å². The lowest BCUT2D eigenvalue weighted by Gasteiger charge is -2.13. The second kappa shape index (κ2) is 7.19. The van der Waals surface area contributed by atoms with Crippen LogP contribution in [0.1, 0.15) is 25.7 Å². The topological polar surface area (TPSA) is 71.1 Å². The highest BCUT2D eigenvalue weighted by Crippen LogP contribution is 2.32. The van der Waals surface area contributed by atoms with Crippen molar-refractivity contribution in [2.75, 3.05) is 13.2 Å². The molecule has 0 spiro atoms. The van der Waals surface area contributed by atoms with Crippen LogP contribution in [-0.4, -0.2) is 37.4 Å². The Labute approximate surface area is 122 Å². The third-order valence-electron chi connectivity index (χ3n) is 2.92. The van der Waals surface area contributed by atoms with Crippen LogP contribution in [0.2, 0.25) is 0 Å². The van der Waals surface area contributed by atoms with Crippen molar-refractivity contribution in [1.82, 2.24) is 0 Å². The first-order valence-corrected chi connectivity index (χ1v) is 6.86. The molecule has 1 aliphatic rings. The molecule has 0 N–H and O–H groups in total. The normalized spacial score (nSPS) is 22.0. The number of esters is 2. The third-order valence-corrected chi connectivity index (χ3v) is 2.92. The Balaban J connectivity index is 2.16. The fourth-order valence-corrected chi connectivity index (χ4v) is 2.02. The summed E-state index contributed by atoms with van der Waals surface area (Å²) in [7, 11) is 0. The zero-order valence-electron chi connectivity index (χ0n) is 12.0. The number of rotatable bonds is 5. The maximum absolute atomic E-state index is 11.9. The molecule has 1 aliphatic heterocycles. The lowest BCUT2D eigenvalue weighted by atomic mass is 10.2. The van der Waals surface area contributed by atoms with Crippen molar-refractivity contribution < 1.29 is 28.5 Å². The molecule has 0 radical (unpaired) electrons. The summed E-state index contributed by atoms with van der Waals surface area (Å²) in [5.41, 5.74) is 0.721. The Morgan fingerprint density at radius 2 is 1.43 bits per heavy atom. The number of ether oxygens (including phenoxy) is 4. The summed E-state index contributed by atoms with van der Waals surface area (Å²) in [6.45, 7) is 3.76. The van der Waals surface area contributed by atoms with Crippen molar-refractivity contribution in [2.24, 2.45) is 0 Å². The molecular weight excluding hydrogens is 276 g/mol. The highest BCUT2D eigenvalue weighted by molar-refractivity contribution is 5.86. The van der Waals surface area contributed by atoms with Gasteiger partial charge in [-0.3, -0.25) is 0 Å². The van der Waals surface area contributed by atoms with Gasteiger partial charge in [0.05, 0.1) is 13.2 Å². The molecule has 1 fully saturated rings. The fraction of sp³-hybridized carbons (Fsp3) is 0.467. The Hall–Kier alpha value is -1.92. The van der Waals surface area contributed by atoms with Crippen LogP contribution in [0.4, 0.5) is 0 Å². The summed E-state index contributed by atoms with van der Waals surface area (Å²) in [5, 5.41) is 0. The molecule has 6 heteroatoms. The third kappa shape index (κ3) is 3.59. The molecule has 0 bridgehead atoms. The van der Waals surface area contributed by atoms with Crippen molar-refractivity contribution >= 4 is 11.9 Å². The van der Waals surface area contributed by atoms with Gasteiger partial charge >= 0.3 is 11.9 Å². The number of carbonyl (C=O) groups excluding carboxylic acids is 2. The lowest BCUT2D eigenvalue weighted by molar-refractivity contribution is -0.163. The van der Waals surface area contributed by atoms with E-state index >= 15 is 0 Å². The zero-order chi connectivity index (χ0) is 15.2. The monoisotopic (exact) mass is 294 g/mol. The molecule has 0 aliphatic carbocycles. The van der Waals surface area contributed by atoms with Crippen molar-refractivity contribution in [1.29, 1.82) is 0 Å². The van der Waals surface area contributed by atoms with E-state index in [1.54, 1.807) is 26.0 Å². The van der Waals surface area contributed by atoms with Crippen LogP contribution in [0, 0.1) is 0 Å². The molecule has 0 saturated carbocycles. The van der Waals surface area contributed by atoms with Crippen LogP contribution < -0.4 is 0 Å². The van der Waals surface area contributed by atoms with Crippen molar-refractivity contribution in [2.45, 2.75) is 32.3 Å². The van der Waals surface area contributed by atoms with Crippen molar-refractivity contribution in [3.05, 3.63) is 35.9 Å². The minimum absolute atomic E-state index is 0.199. The average Bonchev–Trinajstić information content (AvgIpc) is 2.94. The van der Waals surface area contributed by atoms with E-state index in [0.717, 1.165) is 5.56 Å². The first-order chi connectivity index (χ1) is 10.2. The molecule has 1 saturated heterocycles. The molecule has 0 unspecified atom stereocenters. The van der Waals surface area contributed by atoms with Crippen LogP contribution in [0.15, 0.2) is 30.3 Å². The van der Waals surface area contributed by atoms with Gasteiger partial charge in [0, 0.05) is 5.56 Å². The highest BCUT2D eigenvalue weighted by Gasteiger charge is 2.47. The molecule has 2 atom stereocenters. The Kier molecular flexibility index (Phi) is 5.30. The molecular formula is C15H18O6. The Bertz CT molecular complexity index is 460. The van der Waals surface area contributed by atoms with E-state index in [4.69, 9.17) is 18.9 Å². The van der Waals surface area contributed by atoms with Gasteiger partial charge in [0.1, 0.15) is 0 Å². The van der Waals surface area contributed by atoms with Gasteiger partial charge in [0.15, 0.2) is 18.5 Å². The summed E-state index contributed by atoms with van der Waals surface area (Å²) >= 11 is 0. The summed E-state index contributed by atoms with van der Waals surface area (Å²) < 4.78 is 20.9. The zero-order valence-corrected chi connectivity index (χ0v) is 12.0. The highest BCUT2D eigenvalue weighted by atomic mass is 16.8. The molecule has 114 valence electrons. The van der Waals surface area contributed by atoms with Gasteiger partial charge in [-0.2, -0.15) is 0 Å². The molecule has 2 rings (SSSR count). The van der Waals surface area contributed by atoms with Gasteiger partial charge in [0.25, 0.3) is 0 Å². The quantitative estimate of drug-likeness (QED) is 0.768. The number of hydrogen-bond acceptors (Lipinski definition) is 6. The van der Waals surface area contributed by atoms with Crippen molar-refractivity contribution in [3.8, 4) is 0 Å². The van der Waals surface area contributed by atoms with Crippen LogP contribution in [-0.2, 0) is 28.5 Å². The van der Waals surface area contributed by atoms with E-state index in [1.165, 1.54) is 0 Å². The number of benzene rings is 1. The predicted octanol–water partition coefficient (Wildman–Crippen LogP) is 1.60. The standard InChI is InChI=1S/C15H18O6/c1-3-18-13(16)11-12(14(17)19-4-2)21-15(20-11)10-8-6-5-7-9-10/h5-9,11-12,15H,3-4H2,1-2H3/t11-,12-/m1/s1. The Morgan fingerprint density at radius 1 is 0.952 bits per heavy atom. The minimum Gasteiger partial charge on any atom is -0.464 e. The van der Waals surface area contributed by atoms with Gasteiger partial charge in [-0.15, -0.1) is 0 Å². The Morgan fingerprint density at radius 3 is 1.86 bits per heavy atom. The van der Waals surface area contributed by atoms with Gasteiger partial charge in [0.2, 0.25) is 0 Å². The van der Waals surface area contributed by atoms with Crippen molar-refractivity contribution in [3.63, 3.8) is 0 Å². The first-order valence-electron chi connectivity index (χ1n) is 6.86. The number of hydrogen-bond donors (Lipinski definition) is 0. The molecule has 0 amide bonds. The smallest absolute Gasteiger partial charge is 0.338 e. The minimum atomic E-state index is -1.12. The fourth-order valence-electron chi connectivity index (χ4n) is 2.02. The van der Waals surface area contributed by atoms with E-state index in [0.29, 0.717) is 0 Å². The van der Waals surface area contributed by atoms with E-state index in [-0.39, 0.29) is 13.2 Å². The predicted molar refractivity (Wildman–Crippen MR) is 72.2 cm³/mol. The largest absolute Gasteiger partial charge is 0.464 e. The van der Waals surface area contributed by atoms with Crippen LogP contribution in [0.3, 0.4) is 0 Å². The average molecular weight is 294 g/mol. The molecule has 1 aromatic carbocycles. The first kappa shape index (κ1) is 15.5. The van der Waals surface area contributed by atoms with E-state index in [2.05, 4.69) is 0 Å². The second-order valence-electron chi connectivity index (χ2n) is 4.36. The summed E-state index contributed by atoms with van der Waals surface area (Å²) in [6.07, 6.45) is -3.03. The van der Waals surface area contributed by atoms with Gasteiger partial charge in [-0.05, 0) is 13.8 Å². The maximum atomic E-state index is 11.9. The van der Waals surface area contributed by atoms with Crippen LogP contribution >= 0.6 is 0 Å². The number of carbonyl (C=O) groups is 2. The molecule has 1 heterocycles. The summed E-state index contributed by atoms with van der Waals surface area (Å²) in [5.74, 6) is -1.26. The van der Waals surface area contributed by atoms with Gasteiger partial charge in [-0.25, -0.2) is 9.59 Å². The van der Waals surface area contributed by atoms with Crippen LogP contribution in [0.25, 0.3) is 0 Å². The van der Waals surface area contributed by atoms with Gasteiger partial charge < -0.3 is 18.9 Å². The summed E-state index contributed by atoms with van der Waals surface area (Å²) in [6, 6.07) is 9.07. The van der Waals surface area contributed by atoms with E-state index in [1.807, 2.05) is 18.2 Å².